The predicted molar refractivity (Wildman–Crippen MR) is 71.6 cm³/mol. The van der Waals surface area contributed by atoms with Gasteiger partial charge in [0.1, 0.15) is 0 Å². The van der Waals surface area contributed by atoms with Gasteiger partial charge >= 0.3 is 0 Å². The number of carbonyl (C=O) groups excluding carboxylic acids is 1. The van der Waals surface area contributed by atoms with Crippen LogP contribution >= 0.6 is 11.6 Å². The lowest BCUT2D eigenvalue weighted by atomic mass is 9.97. The van der Waals surface area contributed by atoms with E-state index in [1.807, 2.05) is 17.0 Å². The Kier molecular flexibility index (Phi) is 3.04. The van der Waals surface area contributed by atoms with Crippen molar-refractivity contribution in [1.82, 2.24) is 4.90 Å². The summed E-state index contributed by atoms with van der Waals surface area (Å²) in [7, 11) is 0. The van der Waals surface area contributed by atoms with Gasteiger partial charge in [-0.3, -0.25) is 4.79 Å². The molecule has 0 aromatic heterocycles. The molecule has 0 radical (unpaired) electrons. The molecular formula is C14H17ClN2O. The first-order valence-electron chi connectivity index (χ1n) is 6.49. The van der Waals surface area contributed by atoms with Crippen LogP contribution in [0.1, 0.15) is 36.0 Å². The number of nitrogens with zero attached hydrogens (tertiary/aromatic N) is 1. The molecule has 0 saturated carbocycles. The van der Waals surface area contributed by atoms with Crippen molar-refractivity contribution in [2.24, 2.45) is 5.73 Å². The molecule has 0 aliphatic carbocycles. The molecule has 0 spiro atoms. The number of hydrogen-bond acceptors (Lipinski definition) is 2. The van der Waals surface area contributed by atoms with Crippen molar-refractivity contribution in [1.29, 1.82) is 0 Å². The molecule has 2 unspecified atom stereocenters. The largest absolute Gasteiger partial charge is 0.333 e. The van der Waals surface area contributed by atoms with Crippen LogP contribution in [0.25, 0.3) is 0 Å². The van der Waals surface area contributed by atoms with Crippen LogP contribution in [0, 0.1) is 0 Å². The summed E-state index contributed by atoms with van der Waals surface area (Å²) in [5.74, 6) is 0.0694. The van der Waals surface area contributed by atoms with Crippen LogP contribution in [0.5, 0.6) is 0 Å². The average Bonchev–Trinajstić information content (AvgIpc) is 2.61. The summed E-state index contributed by atoms with van der Waals surface area (Å²) in [4.78, 5) is 14.6. The van der Waals surface area contributed by atoms with Crippen molar-refractivity contribution in [2.75, 3.05) is 0 Å². The first-order valence-corrected chi connectivity index (χ1v) is 6.87. The second-order valence-electron chi connectivity index (χ2n) is 5.31. The van der Waals surface area contributed by atoms with Gasteiger partial charge in [0.2, 0.25) is 0 Å². The third-order valence-electron chi connectivity index (χ3n) is 4.11. The van der Waals surface area contributed by atoms with Crippen molar-refractivity contribution in [3.8, 4) is 0 Å². The van der Waals surface area contributed by atoms with Gasteiger partial charge in [0.05, 0.1) is 10.6 Å². The Morgan fingerprint density at radius 1 is 1.22 bits per heavy atom. The molecule has 18 heavy (non-hydrogen) atoms. The Bertz CT molecular complexity index is 463. The highest BCUT2D eigenvalue weighted by Crippen LogP contribution is 2.36. The molecule has 1 aromatic carbocycles. The Morgan fingerprint density at radius 3 is 2.44 bits per heavy atom. The Labute approximate surface area is 112 Å². The molecule has 1 aromatic rings. The van der Waals surface area contributed by atoms with Crippen LogP contribution in [0.4, 0.5) is 0 Å². The van der Waals surface area contributed by atoms with Gasteiger partial charge in [-0.15, -0.1) is 0 Å². The van der Waals surface area contributed by atoms with Crippen LogP contribution < -0.4 is 5.73 Å². The summed E-state index contributed by atoms with van der Waals surface area (Å²) < 4.78 is 0. The van der Waals surface area contributed by atoms with Gasteiger partial charge in [0.15, 0.2) is 0 Å². The smallest absolute Gasteiger partial charge is 0.255 e. The van der Waals surface area contributed by atoms with E-state index in [0.29, 0.717) is 22.7 Å². The fourth-order valence-corrected chi connectivity index (χ4v) is 3.54. The van der Waals surface area contributed by atoms with Crippen molar-refractivity contribution in [2.45, 2.75) is 43.8 Å². The van der Waals surface area contributed by atoms with Crippen molar-refractivity contribution >= 4 is 17.5 Å². The van der Waals surface area contributed by atoms with Gasteiger partial charge in [0, 0.05) is 18.1 Å². The number of hydrogen-bond donors (Lipinski definition) is 1. The van der Waals surface area contributed by atoms with Gasteiger partial charge in [-0.25, -0.2) is 0 Å². The standard InChI is InChI=1S/C14H17ClN2O/c15-13-4-2-1-3-12(13)14(18)17-10-5-6-11(17)8-9(16)7-10/h1-4,9-11H,5-8,16H2. The number of fused-ring (bicyclic) bond motifs is 2. The van der Waals surface area contributed by atoms with E-state index in [4.69, 9.17) is 17.3 Å². The number of carbonyl (C=O) groups is 1. The van der Waals surface area contributed by atoms with Crippen LogP contribution in [0.2, 0.25) is 5.02 Å². The number of halogens is 1. The lowest BCUT2D eigenvalue weighted by Gasteiger charge is -2.37. The maximum Gasteiger partial charge on any atom is 0.255 e. The van der Waals surface area contributed by atoms with Crippen LogP contribution in [-0.2, 0) is 0 Å². The molecule has 2 aliphatic heterocycles. The van der Waals surface area contributed by atoms with Crippen molar-refractivity contribution in [3.63, 3.8) is 0 Å². The average molecular weight is 265 g/mol. The summed E-state index contributed by atoms with van der Waals surface area (Å²) in [6, 6.07) is 8.14. The van der Waals surface area contributed by atoms with E-state index in [9.17, 15) is 4.79 Å². The molecule has 1 amide bonds. The first kappa shape index (κ1) is 12.0. The summed E-state index contributed by atoms with van der Waals surface area (Å²) in [5, 5.41) is 0.539. The molecule has 2 heterocycles. The molecule has 2 N–H and O–H groups in total. The molecule has 3 nitrogen and oxygen atoms in total. The Hall–Kier alpha value is -1.06. The van der Waals surface area contributed by atoms with E-state index in [1.54, 1.807) is 12.1 Å². The van der Waals surface area contributed by atoms with E-state index in [1.165, 1.54) is 0 Å². The van der Waals surface area contributed by atoms with E-state index in [2.05, 4.69) is 0 Å². The summed E-state index contributed by atoms with van der Waals surface area (Å²) in [6.45, 7) is 0. The minimum atomic E-state index is 0.0694. The highest BCUT2D eigenvalue weighted by Gasteiger charge is 2.42. The Morgan fingerprint density at radius 2 is 1.83 bits per heavy atom. The second-order valence-corrected chi connectivity index (χ2v) is 5.72. The number of benzene rings is 1. The van der Waals surface area contributed by atoms with Crippen molar-refractivity contribution in [3.05, 3.63) is 34.9 Å². The highest BCUT2D eigenvalue weighted by molar-refractivity contribution is 6.33. The maximum absolute atomic E-state index is 12.6. The number of nitrogens with two attached hydrogens (primary N) is 1. The maximum atomic E-state index is 12.6. The third-order valence-corrected chi connectivity index (χ3v) is 4.44. The summed E-state index contributed by atoms with van der Waals surface area (Å²) >= 11 is 6.11. The summed E-state index contributed by atoms with van der Waals surface area (Å²) in [5.41, 5.74) is 6.64. The van der Waals surface area contributed by atoms with Gasteiger partial charge < -0.3 is 10.6 Å². The van der Waals surface area contributed by atoms with E-state index < -0.39 is 0 Å². The highest BCUT2D eigenvalue weighted by atomic mass is 35.5. The predicted octanol–water partition coefficient (Wildman–Crippen LogP) is 2.43. The van der Waals surface area contributed by atoms with Gasteiger partial charge in [-0.1, -0.05) is 23.7 Å². The molecule has 2 saturated heterocycles. The van der Waals surface area contributed by atoms with E-state index >= 15 is 0 Å². The van der Waals surface area contributed by atoms with Crippen molar-refractivity contribution < 1.29 is 4.79 Å². The molecule has 2 bridgehead atoms. The van der Waals surface area contributed by atoms with E-state index in [0.717, 1.165) is 25.7 Å². The number of piperidine rings is 1. The Balaban J connectivity index is 1.88. The zero-order valence-corrected chi connectivity index (χ0v) is 10.9. The minimum Gasteiger partial charge on any atom is -0.333 e. The molecule has 3 rings (SSSR count). The zero-order valence-electron chi connectivity index (χ0n) is 10.2. The molecule has 2 fully saturated rings. The SMILES string of the molecule is NC1CC2CCC(C1)N2C(=O)c1ccccc1Cl. The topological polar surface area (TPSA) is 46.3 Å². The fraction of sp³-hybridized carbons (Fsp3) is 0.500. The molecule has 96 valence electrons. The lowest BCUT2D eigenvalue weighted by Crippen LogP contribution is -2.50. The molecular weight excluding hydrogens is 248 g/mol. The number of rotatable bonds is 1. The van der Waals surface area contributed by atoms with Crippen LogP contribution in [0.3, 0.4) is 0 Å². The monoisotopic (exact) mass is 264 g/mol. The molecule has 2 atom stereocenters. The van der Waals surface area contributed by atoms with E-state index in [-0.39, 0.29) is 11.9 Å². The fourth-order valence-electron chi connectivity index (χ4n) is 3.32. The summed E-state index contributed by atoms with van der Waals surface area (Å²) in [6.07, 6.45) is 4.00. The number of amides is 1. The zero-order chi connectivity index (χ0) is 12.7. The quantitative estimate of drug-likeness (QED) is 0.847. The van der Waals surface area contributed by atoms with Gasteiger partial charge in [0.25, 0.3) is 5.91 Å². The molecule has 2 aliphatic rings. The van der Waals surface area contributed by atoms with Gasteiger partial charge in [-0.05, 0) is 37.8 Å². The molecule has 4 heteroatoms. The van der Waals surface area contributed by atoms with Crippen LogP contribution in [0.15, 0.2) is 24.3 Å². The minimum absolute atomic E-state index is 0.0694. The third kappa shape index (κ3) is 1.91. The van der Waals surface area contributed by atoms with Crippen LogP contribution in [-0.4, -0.2) is 28.9 Å². The second kappa shape index (κ2) is 4.56. The first-order chi connectivity index (χ1) is 8.66. The normalized spacial score (nSPS) is 30.6. The van der Waals surface area contributed by atoms with Gasteiger partial charge in [-0.2, -0.15) is 0 Å². The lowest BCUT2D eigenvalue weighted by molar-refractivity contribution is 0.0575.